The minimum Gasteiger partial charge on any atom is -0.462 e. The normalized spacial score (nSPS) is 14.8. The first-order valence-corrected chi connectivity index (χ1v) is 7.34. The molecule has 20 heavy (non-hydrogen) atoms. The van der Waals surface area contributed by atoms with Crippen LogP contribution in [-0.4, -0.2) is 39.6 Å². The van der Waals surface area contributed by atoms with E-state index in [2.05, 4.69) is 5.32 Å². The topological polar surface area (TPSA) is 52.9 Å². The Bertz CT molecular complexity index is 363. The van der Waals surface area contributed by atoms with Crippen LogP contribution in [0.2, 0.25) is 0 Å². The molecule has 5 nitrogen and oxygen atoms in total. The van der Waals surface area contributed by atoms with Crippen molar-refractivity contribution in [2.75, 3.05) is 33.5 Å². The molecule has 0 amide bonds. The average molecular weight is 283 g/mol. The van der Waals surface area contributed by atoms with Gasteiger partial charge < -0.3 is 23.9 Å². The Kier molecular flexibility index (Phi) is 7.08. The zero-order valence-corrected chi connectivity index (χ0v) is 12.2. The van der Waals surface area contributed by atoms with Crippen LogP contribution in [0.1, 0.15) is 30.8 Å². The van der Waals surface area contributed by atoms with Gasteiger partial charge in [0, 0.05) is 26.4 Å². The molecule has 0 aromatic carbocycles. The molecule has 0 bridgehead atoms. The lowest BCUT2D eigenvalue weighted by Crippen LogP contribution is -2.14. The average Bonchev–Trinajstić information content (AvgIpc) is 3.18. The molecule has 0 spiro atoms. The highest BCUT2D eigenvalue weighted by Gasteiger charge is 2.20. The number of nitrogens with one attached hydrogen (secondary N) is 1. The maximum Gasteiger partial charge on any atom is 0.129 e. The van der Waals surface area contributed by atoms with Crippen LogP contribution in [0.25, 0.3) is 0 Å². The number of ether oxygens (including phenoxy) is 3. The fraction of sp³-hybridized carbons (Fsp3) is 0.733. The van der Waals surface area contributed by atoms with E-state index in [4.69, 9.17) is 18.6 Å². The largest absolute Gasteiger partial charge is 0.462 e. The summed E-state index contributed by atoms with van der Waals surface area (Å²) in [6.07, 6.45) is 3.48. The van der Waals surface area contributed by atoms with Gasteiger partial charge in [0.05, 0.1) is 19.8 Å². The highest BCUT2D eigenvalue weighted by molar-refractivity contribution is 5.06. The Morgan fingerprint density at radius 2 is 1.90 bits per heavy atom. The Morgan fingerprint density at radius 1 is 1.10 bits per heavy atom. The molecule has 1 aliphatic rings. The Hall–Kier alpha value is -0.880. The summed E-state index contributed by atoms with van der Waals surface area (Å²) in [7, 11) is 1.67. The van der Waals surface area contributed by atoms with E-state index in [9.17, 15) is 0 Å². The lowest BCUT2D eigenvalue weighted by molar-refractivity contribution is 0.0451. The molecule has 2 rings (SSSR count). The summed E-state index contributed by atoms with van der Waals surface area (Å²) in [5.41, 5.74) is 0. The van der Waals surface area contributed by atoms with E-state index in [1.165, 1.54) is 12.8 Å². The van der Waals surface area contributed by atoms with Gasteiger partial charge in [0.15, 0.2) is 0 Å². The molecule has 1 saturated carbocycles. The van der Waals surface area contributed by atoms with E-state index in [0.717, 1.165) is 24.5 Å². The molecule has 0 aliphatic heterocycles. The van der Waals surface area contributed by atoms with Gasteiger partial charge in [-0.3, -0.25) is 0 Å². The van der Waals surface area contributed by atoms with Gasteiger partial charge in [-0.05, 0) is 31.4 Å². The molecule has 114 valence electrons. The summed E-state index contributed by atoms with van der Waals surface area (Å²) in [5, 5.41) is 3.43. The summed E-state index contributed by atoms with van der Waals surface area (Å²) in [5.74, 6) is 1.87. The second-order valence-electron chi connectivity index (χ2n) is 5.03. The van der Waals surface area contributed by atoms with Crippen molar-refractivity contribution in [1.29, 1.82) is 0 Å². The van der Waals surface area contributed by atoms with Crippen LogP contribution in [0.15, 0.2) is 16.5 Å². The summed E-state index contributed by atoms with van der Waals surface area (Å²) in [4.78, 5) is 0. The molecule has 1 fully saturated rings. The molecule has 1 aromatic heterocycles. The molecule has 1 N–H and O–H groups in total. The van der Waals surface area contributed by atoms with Crippen molar-refractivity contribution in [3.63, 3.8) is 0 Å². The van der Waals surface area contributed by atoms with Gasteiger partial charge in [0.1, 0.15) is 18.1 Å². The van der Waals surface area contributed by atoms with Crippen molar-refractivity contribution in [1.82, 2.24) is 5.32 Å². The summed E-state index contributed by atoms with van der Waals surface area (Å²) < 4.78 is 21.5. The first-order valence-electron chi connectivity index (χ1n) is 7.34. The SMILES string of the molecule is COCCOCCCOCc1ccc(CNC2CC2)o1. The number of hydrogen-bond donors (Lipinski definition) is 1. The van der Waals surface area contributed by atoms with Crippen molar-refractivity contribution in [2.24, 2.45) is 0 Å². The zero-order valence-electron chi connectivity index (χ0n) is 12.2. The Balaban J connectivity index is 1.46. The van der Waals surface area contributed by atoms with Gasteiger partial charge in [-0.1, -0.05) is 0 Å². The van der Waals surface area contributed by atoms with E-state index in [1.807, 2.05) is 12.1 Å². The van der Waals surface area contributed by atoms with Gasteiger partial charge in [-0.2, -0.15) is 0 Å². The first-order chi connectivity index (χ1) is 9.88. The van der Waals surface area contributed by atoms with Crippen molar-refractivity contribution < 1.29 is 18.6 Å². The van der Waals surface area contributed by atoms with E-state index in [1.54, 1.807) is 7.11 Å². The van der Waals surface area contributed by atoms with Gasteiger partial charge in [-0.15, -0.1) is 0 Å². The molecule has 1 heterocycles. The fourth-order valence-electron chi connectivity index (χ4n) is 1.81. The van der Waals surface area contributed by atoms with E-state index in [-0.39, 0.29) is 0 Å². The minimum atomic E-state index is 0.529. The summed E-state index contributed by atoms with van der Waals surface area (Å²) in [6.45, 7) is 4.03. The van der Waals surface area contributed by atoms with Crippen LogP contribution >= 0.6 is 0 Å². The van der Waals surface area contributed by atoms with Crippen LogP contribution < -0.4 is 5.32 Å². The minimum absolute atomic E-state index is 0.529. The van der Waals surface area contributed by atoms with Crippen molar-refractivity contribution in [3.8, 4) is 0 Å². The highest BCUT2D eigenvalue weighted by Crippen LogP contribution is 2.19. The number of methoxy groups -OCH3 is 1. The van der Waals surface area contributed by atoms with Gasteiger partial charge in [0.2, 0.25) is 0 Å². The van der Waals surface area contributed by atoms with Crippen molar-refractivity contribution in [2.45, 2.75) is 38.5 Å². The van der Waals surface area contributed by atoms with E-state index >= 15 is 0 Å². The van der Waals surface area contributed by atoms with Crippen LogP contribution in [-0.2, 0) is 27.4 Å². The highest BCUT2D eigenvalue weighted by atomic mass is 16.5. The second kappa shape index (κ2) is 9.13. The number of furan rings is 1. The number of hydrogen-bond acceptors (Lipinski definition) is 5. The van der Waals surface area contributed by atoms with Gasteiger partial charge in [0.25, 0.3) is 0 Å². The summed E-state index contributed by atoms with van der Waals surface area (Å²) >= 11 is 0. The number of rotatable bonds is 12. The quantitative estimate of drug-likeness (QED) is 0.595. The molecular weight excluding hydrogens is 258 g/mol. The van der Waals surface area contributed by atoms with Crippen LogP contribution in [0, 0.1) is 0 Å². The smallest absolute Gasteiger partial charge is 0.129 e. The predicted octanol–water partition coefficient (Wildman–Crippen LogP) is 2.10. The molecule has 1 aliphatic carbocycles. The Morgan fingerprint density at radius 3 is 2.70 bits per heavy atom. The lowest BCUT2D eigenvalue weighted by atomic mass is 10.4. The van der Waals surface area contributed by atoms with Crippen LogP contribution in [0.4, 0.5) is 0 Å². The Labute approximate surface area is 120 Å². The molecule has 1 aromatic rings. The maximum absolute atomic E-state index is 5.69. The maximum atomic E-state index is 5.69. The second-order valence-corrected chi connectivity index (χ2v) is 5.03. The predicted molar refractivity (Wildman–Crippen MR) is 75.5 cm³/mol. The lowest BCUT2D eigenvalue weighted by Gasteiger charge is -2.04. The fourth-order valence-corrected chi connectivity index (χ4v) is 1.81. The molecular formula is C15H25NO4. The third kappa shape index (κ3) is 6.52. The first kappa shape index (κ1) is 15.5. The molecule has 5 heteroatoms. The zero-order chi connectivity index (χ0) is 14.0. The standard InChI is InChI=1S/C15H25NO4/c1-17-9-10-18-7-2-8-19-12-15-6-5-14(20-15)11-16-13-3-4-13/h5-6,13,16H,2-4,7-12H2,1H3. The van der Waals surface area contributed by atoms with Crippen molar-refractivity contribution >= 4 is 0 Å². The molecule has 0 saturated heterocycles. The van der Waals surface area contributed by atoms with Crippen LogP contribution in [0.3, 0.4) is 0 Å². The van der Waals surface area contributed by atoms with E-state index < -0.39 is 0 Å². The molecule has 0 unspecified atom stereocenters. The van der Waals surface area contributed by atoms with E-state index in [0.29, 0.717) is 39.1 Å². The van der Waals surface area contributed by atoms with Gasteiger partial charge >= 0.3 is 0 Å². The molecule has 0 atom stereocenters. The monoisotopic (exact) mass is 283 g/mol. The third-order valence-corrected chi connectivity index (χ3v) is 3.11. The third-order valence-electron chi connectivity index (χ3n) is 3.11. The van der Waals surface area contributed by atoms with Crippen LogP contribution in [0.5, 0.6) is 0 Å². The van der Waals surface area contributed by atoms with Crippen molar-refractivity contribution in [3.05, 3.63) is 23.7 Å². The van der Waals surface area contributed by atoms with Gasteiger partial charge in [-0.25, -0.2) is 0 Å². The summed E-state index contributed by atoms with van der Waals surface area (Å²) in [6, 6.07) is 4.71. The molecule has 0 radical (unpaired) electrons.